The number of nitrogens with one attached hydrogen (secondary N) is 3. The van der Waals surface area contributed by atoms with E-state index in [1.54, 1.807) is 42.5 Å². The molecule has 3 rings (SSSR count). The van der Waals surface area contributed by atoms with Gasteiger partial charge >= 0.3 is 0 Å². The highest BCUT2D eigenvalue weighted by atomic mass is 35.5. The topological polar surface area (TPSA) is 100 Å². The summed E-state index contributed by atoms with van der Waals surface area (Å²) in [5.74, 6) is -0.802. The van der Waals surface area contributed by atoms with Crippen molar-refractivity contribution in [2.45, 2.75) is 6.92 Å². The second-order valence-corrected chi connectivity index (χ2v) is 6.92. The zero-order chi connectivity index (χ0) is 19.4. The number of hydrogen-bond donors (Lipinski definition) is 3. The molecule has 0 saturated heterocycles. The van der Waals surface area contributed by atoms with Crippen LogP contribution in [0.15, 0.2) is 53.1 Å². The average Bonchev–Trinajstić information content (AvgIpc) is 3.28. The van der Waals surface area contributed by atoms with E-state index in [0.29, 0.717) is 21.3 Å². The lowest BCUT2D eigenvalue weighted by atomic mass is 10.2. The molecule has 3 amide bonds. The summed E-state index contributed by atoms with van der Waals surface area (Å²) in [6.07, 6.45) is 1.41. The minimum Gasteiger partial charge on any atom is -0.459 e. The molecule has 27 heavy (non-hydrogen) atoms. The summed E-state index contributed by atoms with van der Waals surface area (Å²) in [5, 5.41) is 8.76. The molecule has 0 aliphatic rings. The first-order valence-electron chi connectivity index (χ1n) is 7.75. The first kappa shape index (κ1) is 18.7. The molecule has 0 aliphatic carbocycles. The van der Waals surface area contributed by atoms with Gasteiger partial charge in [-0.1, -0.05) is 11.6 Å². The van der Waals surface area contributed by atoms with Crippen molar-refractivity contribution in [1.29, 1.82) is 0 Å². The summed E-state index contributed by atoms with van der Waals surface area (Å²) in [5.41, 5.74) is 0.940. The van der Waals surface area contributed by atoms with Gasteiger partial charge in [0.2, 0.25) is 5.91 Å². The van der Waals surface area contributed by atoms with Gasteiger partial charge in [0.1, 0.15) is 0 Å². The Labute approximate surface area is 163 Å². The van der Waals surface area contributed by atoms with E-state index in [0.717, 1.165) is 11.3 Å². The molecule has 0 aliphatic heterocycles. The van der Waals surface area contributed by atoms with Crippen LogP contribution < -0.4 is 16.0 Å². The maximum absolute atomic E-state index is 12.4. The number of carbonyl (C=O) groups is 3. The van der Waals surface area contributed by atoms with Crippen LogP contribution in [0.4, 0.5) is 16.4 Å². The molecule has 2 heterocycles. The van der Waals surface area contributed by atoms with Crippen LogP contribution in [-0.4, -0.2) is 17.7 Å². The molecule has 3 aromatic rings. The van der Waals surface area contributed by atoms with Crippen LogP contribution in [0.25, 0.3) is 0 Å². The highest BCUT2D eigenvalue weighted by Gasteiger charge is 2.14. The fraction of sp³-hybridized carbons (Fsp3) is 0.0556. The third-order valence-electron chi connectivity index (χ3n) is 3.35. The second kappa shape index (κ2) is 8.07. The van der Waals surface area contributed by atoms with Gasteiger partial charge in [0, 0.05) is 12.6 Å². The lowest BCUT2D eigenvalue weighted by molar-refractivity contribution is -0.114. The van der Waals surface area contributed by atoms with Gasteiger partial charge in [0.05, 0.1) is 26.9 Å². The average molecular weight is 404 g/mol. The van der Waals surface area contributed by atoms with Crippen molar-refractivity contribution in [3.05, 3.63) is 64.4 Å². The van der Waals surface area contributed by atoms with Crippen LogP contribution in [0.3, 0.4) is 0 Å². The highest BCUT2D eigenvalue weighted by Crippen LogP contribution is 2.28. The fourth-order valence-electron chi connectivity index (χ4n) is 2.19. The Morgan fingerprint density at radius 3 is 2.48 bits per heavy atom. The summed E-state index contributed by atoms with van der Waals surface area (Å²) >= 11 is 7.26. The third kappa shape index (κ3) is 4.75. The van der Waals surface area contributed by atoms with Crippen LogP contribution >= 0.6 is 22.9 Å². The van der Waals surface area contributed by atoms with Gasteiger partial charge in [-0.2, -0.15) is 0 Å². The number of anilines is 3. The molecular formula is C18H14ClN3O4S. The van der Waals surface area contributed by atoms with Crippen LogP contribution in [0, 0.1) is 0 Å². The maximum atomic E-state index is 12.4. The van der Waals surface area contributed by atoms with Crippen LogP contribution in [-0.2, 0) is 4.79 Å². The fourth-order valence-corrected chi connectivity index (χ4v) is 3.21. The van der Waals surface area contributed by atoms with E-state index in [4.69, 9.17) is 16.0 Å². The Morgan fingerprint density at radius 1 is 1.00 bits per heavy atom. The molecule has 0 fully saturated rings. The Bertz CT molecular complexity index is 998. The van der Waals surface area contributed by atoms with Crippen molar-refractivity contribution < 1.29 is 18.8 Å². The van der Waals surface area contributed by atoms with Crippen molar-refractivity contribution in [3.63, 3.8) is 0 Å². The smallest absolute Gasteiger partial charge is 0.291 e. The Kier molecular flexibility index (Phi) is 5.58. The SMILES string of the molecule is CC(=O)Nc1ccc(NC(=O)c2ccc(NC(=O)c3ccco3)s2)c(Cl)c1. The number of halogens is 1. The first-order chi connectivity index (χ1) is 12.9. The molecule has 7 nitrogen and oxygen atoms in total. The van der Waals surface area contributed by atoms with E-state index in [1.807, 2.05) is 0 Å². The molecule has 0 spiro atoms. The molecule has 0 unspecified atom stereocenters. The van der Waals surface area contributed by atoms with Crippen molar-refractivity contribution in [2.75, 3.05) is 16.0 Å². The molecule has 138 valence electrons. The monoisotopic (exact) mass is 403 g/mol. The minimum atomic E-state index is -0.398. The Morgan fingerprint density at radius 2 is 1.81 bits per heavy atom. The predicted octanol–water partition coefficient (Wildman–Crippen LogP) is 4.46. The molecular weight excluding hydrogens is 390 g/mol. The van der Waals surface area contributed by atoms with E-state index in [9.17, 15) is 14.4 Å². The quantitative estimate of drug-likeness (QED) is 0.585. The summed E-state index contributed by atoms with van der Waals surface area (Å²) in [6.45, 7) is 1.39. The van der Waals surface area contributed by atoms with Crippen molar-refractivity contribution in [2.24, 2.45) is 0 Å². The number of carbonyl (C=O) groups excluding carboxylic acids is 3. The van der Waals surface area contributed by atoms with E-state index in [2.05, 4.69) is 16.0 Å². The first-order valence-corrected chi connectivity index (χ1v) is 8.95. The number of rotatable bonds is 5. The minimum absolute atomic E-state index is 0.181. The van der Waals surface area contributed by atoms with E-state index in [-0.39, 0.29) is 22.6 Å². The predicted molar refractivity (Wildman–Crippen MR) is 105 cm³/mol. The van der Waals surface area contributed by atoms with Gasteiger partial charge in [0.25, 0.3) is 11.8 Å². The van der Waals surface area contributed by atoms with Crippen molar-refractivity contribution >= 4 is 57.0 Å². The summed E-state index contributed by atoms with van der Waals surface area (Å²) in [4.78, 5) is 35.8. The zero-order valence-electron chi connectivity index (χ0n) is 14.0. The number of benzene rings is 1. The number of thiophene rings is 1. The Hall–Kier alpha value is -3.10. The molecule has 3 N–H and O–H groups in total. The standard InChI is InChI=1S/C18H14ClN3O4S/c1-10(23)20-11-4-5-13(12(19)9-11)21-18(25)15-6-7-16(27-15)22-17(24)14-3-2-8-26-14/h2-9H,1H3,(H,20,23)(H,21,25)(H,22,24). The van der Waals surface area contributed by atoms with Gasteiger partial charge in [-0.25, -0.2) is 0 Å². The summed E-state index contributed by atoms with van der Waals surface area (Å²) in [7, 11) is 0. The van der Waals surface area contributed by atoms with Crippen molar-refractivity contribution in [1.82, 2.24) is 0 Å². The van der Waals surface area contributed by atoms with E-state index in [1.165, 1.54) is 13.2 Å². The van der Waals surface area contributed by atoms with Gasteiger partial charge in [-0.3, -0.25) is 14.4 Å². The molecule has 0 bridgehead atoms. The Balaban J connectivity index is 1.66. The molecule has 0 atom stereocenters. The van der Waals surface area contributed by atoms with Gasteiger partial charge < -0.3 is 20.4 Å². The van der Waals surface area contributed by atoms with Gasteiger partial charge in [-0.05, 0) is 42.5 Å². The number of furan rings is 1. The third-order valence-corrected chi connectivity index (χ3v) is 4.66. The normalized spacial score (nSPS) is 10.3. The van der Waals surface area contributed by atoms with Crippen molar-refractivity contribution in [3.8, 4) is 0 Å². The largest absolute Gasteiger partial charge is 0.459 e. The lowest BCUT2D eigenvalue weighted by Gasteiger charge is -2.08. The number of hydrogen-bond acceptors (Lipinski definition) is 5. The second-order valence-electron chi connectivity index (χ2n) is 5.43. The molecule has 1 aromatic carbocycles. The van der Waals surface area contributed by atoms with Gasteiger partial charge in [-0.15, -0.1) is 11.3 Å². The summed E-state index contributed by atoms with van der Waals surface area (Å²) in [6, 6.07) is 11.2. The molecule has 2 aromatic heterocycles. The lowest BCUT2D eigenvalue weighted by Crippen LogP contribution is -2.11. The van der Waals surface area contributed by atoms with Crippen LogP contribution in [0.2, 0.25) is 5.02 Å². The molecule has 9 heteroatoms. The molecule has 0 radical (unpaired) electrons. The maximum Gasteiger partial charge on any atom is 0.291 e. The van der Waals surface area contributed by atoms with Gasteiger partial charge in [0.15, 0.2) is 5.76 Å². The highest BCUT2D eigenvalue weighted by molar-refractivity contribution is 7.18. The van der Waals surface area contributed by atoms with E-state index < -0.39 is 5.91 Å². The van der Waals surface area contributed by atoms with Crippen LogP contribution in [0.5, 0.6) is 0 Å². The number of amides is 3. The zero-order valence-corrected chi connectivity index (χ0v) is 15.6. The summed E-state index contributed by atoms with van der Waals surface area (Å²) < 4.78 is 5.02. The van der Waals surface area contributed by atoms with Crippen LogP contribution in [0.1, 0.15) is 27.2 Å². The van der Waals surface area contributed by atoms with E-state index >= 15 is 0 Å². The molecule has 0 saturated carbocycles.